The minimum Gasteiger partial charge on any atom is -0.435 e. The van der Waals surface area contributed by atoms with E-state index in [0.29, 0.717) is 0 Å². The summed E-state index contributed by atoms with van der Waals surface area (Å²) in [5.74, 6) is -0.309. The van der Waals surface area contributed by atoms with E-state index in [9.17, 15) is 13.2 Å². The second-order valence-electron chi connectivity index (χ2n) is 3.41. The van der Waals surface area contributed by atoms with Crippen LogP contribution in [0.4, 0.5) is 13.2 Å². The van der Waals surface area contributed by atoms with E-state index in [1.54, 1.807) is 6.07 Å². The molecule has 19 heavy (non-hydrogen) atoms. The maximum absolute atomic E-state index is 12.2. The SMILES string of the molecule is FC(F)(F)Oc1ccccc1Oc1ccc(Br)cn1. The van der Waals surface area contributed by atoms with Gasteiger partial charge in [0.05, 0.1) is 0 Å². The largest absolute Gasteiger partial charge is 0.573 e. The van der Waals surface area contributed by atoms with E-state index in [2.05, 4.69) is 25.7 Å². The van der Waals surface area contributed by atoms with Crippen molar-refractivity contribution in [1.29, 1.82) is 0 Å². The van der Waals surface area contributed by atoms with Crippen LogP contribution in [0, 0.1) is 0 Å². The van der Waals surface area contributed by atoms with E-state index in [-0.39, 0.29) is 11.6 Å². The average molecular weight is 334 g/mol. The van der Waals surface area contributed by atoms with Crippen LogP contribution >= 0.6 is 15.9 Å². The van der Waals surface area contributed by atoms with Crippen molar-refractivity contribution in [3.63, 3.8) is 0 Å². The molecule has 0 saturated heterocycles. The topological polar surface area (TPSA) is 31.4 Å². The fourth-order valence-corrected chi connectivity index (χ4v) is 1.51. The molecule has 2 rings (SSSR count). The Bertz CT molecular complexity index is 558. The van der Waals surface area contributed by atoms with Gasteiger partial charge in [0.2, 0.25) is 5.88 Å². The van der Waals surface area contributed by atoms with Gasteiger partial charge in [0, 0.05) is 16.7 Å². The summed E-state index contributed by atoms with van der Waals surface area (Å²) in [6.07, 6.45) is -3.30. The van der Waals surface area contributed by atoms with Gasteiger partial charge in [-0.15, -0.1) is 13.2 Å². The Labute approximate surface area is 115 Å². The first kappa shape index (κ1) is 13.7. The summed E-state index contributed by atoms with van der Waals surface area (Å²) in [7, 11) is 0. The molecule has 1 heterocycles. The Hall–Kier alpha value is -1.76. The lowest BCUT2D eigenvalue weighted by atomic mass is 10.3. The first-order valence-corrected chi connectivity index (χ1v) is 5.87. The van der Waals surface area contributed by atoms with Crippen LogP contribution in [0.25, 0.3) is 0 Å². The lowest BCUT2D eigenvalue weighted by molar-refractivity contribution is -0.275. The smallest absolute Gasteiger partial charge is 0.435 e. The van der Waals surface area contributed by atoms with Crippen molar-refractivity contribution in [3.05, 3.63) is 47.1 Å². The lowest BCUT2D eigenvalue weighted by Crippen LogP contribution is -2.17. The van der Waals surface area contributed by atoms with Crippen molar-refractivity contribution >= 4 is 15.9 Å². The molecule has 2 aromatic rings. The zero-order chi connectivity index (χ0) is 13.9. The molecule has 1 aromatic heterocycles. The minimum atomic E-state index is -4.77. The molecule has 0 unspecified atom stereocenters. The van der Waals surface area contributed by atoms with E-state index in [4.69, 9.17) is 4.74 Å². The van der Waals surface area contributed by atoms with Gasteiger partial charge in [-0.1, -0.05) is 12.1 Å². The quantitative estimate of drug-likeness (QED) is 0.826. The van der Waals surface area contributed by atoms with Crippen LogP contribution in [0.5, 0.6) is 17.4 Å². The molecule has 0 radical (unpaired) electrons. The lowest BCUT2D eigenvalue weighted by Gasteiger charge is -2.13. The molecule has 0 N–H and O–H groups in total. The number of alkyl halides is 3. The Kier molecular flexibility index (Phi) is 3.94. The molecule has 0 aliphatic rings. The van der Waals surface area contributed by atoms with Crippen molar-refractivity contribution < 1.29 is 22.6 Å². The number of benzene rings is 1. The summed E-state index contributed by atoms with van der Waals surface area (Å²) < 4.78 is 46.5. The number of hydrogen-bond donors (Lipinski definition) is 0. The number of rotatable bonds is 3. The van der Waals surface area contributed by atoms with Gasteiger partial charge in [-0.2, -0.15) is 0 Å². The van der Waals surface area contributed by atoms with Crippen molar-refractivity contribution in [2.45, 2.75) is 6.36 Å². The highest BCUT2D eigenvalue weighted by Crippen LogP contribution is 2.34. The maximum Gasteiger partial charge on any atom is 0.573 e. The number of halogens is 4. The van der Waals surface area contributed by atoms with Crippen LogP contribution in [-0.2, 0) is 0 Å². The Balaban J connectivity index is 2.22. The first-order chi connectivity index (χ1) is 8.94. The molecule has 0 fully saturated rings. The van der Waals surface area contributed by atoms with Crippen molar-refractivity contribution in [1.82, 2.24) is 4.98 Å². The predicted molar refractivity (Wildman–Crippen MR) is 65.1 cm³/mol. The first-order valence-electron chi connectivity index (χ1n) is 5.08. The molecule has 0 saturated carbocycles. The highest BCUT2D eigenvalue weighted by molar-refractivity contribution is 9.10. The second kappa shape index (κ2) is 5.48. The Morgan fingerprint density at radius 2 is 1.68 bits per heavy atom. The van der Waals surface area contributed by atoms with E-state index in [0.717, 1.165) is 4.47 Å². The van der Waals surface area contributed by atoms with Gasteiger partial charge in [-0.25, -0.2) is 4.98 Å². The standard InChI is InChI=1S/C12H7BrF3NO2/c13-8-5-6-11(17-7-8)18-9-3-1-2-4-10(9)19-12(14,15)16/h1-7H. The van der Waals surface area contributed by atoms with Crippen molar-refractivity contribution in [3.8, 4) is 17.4 Å². The minimum absolute atomic E-state index is 0.0605. The zero-order valence-corrected chi connectivity index (χ0v) is 10.9. The molecule has 0 amide bonds. The van der Waals surface area contributed by atoms with Crippen LogP contribution in [0.15, 0.2) is 47.1 Å². The van der Waals surface area contributed by atoms with Crippen molar-refractivity contribution in [2.24, 2.45) is 0 Å². The summed E-state index contributed by atoms with van der Waals surface area (Å²) in [4.78, 5) is 3.91. The summed E-state index contributed by atoms with van der Waals surface area (Å²) in [5.41, 5.74) is 0. The number of aromatic nitrogens is 1. The summed E-state index contributed by atoms with van der Waals surface area (Å²) in [6, 6.07) is 8.68. The van der Waals surface area contributed by atoms with E-state index in [1.165, 1.54) is 36.5 Å². The fraction of sp³-hybridized carbons (Fsp3) is 0.0833. The van der Waals surface area contributed by atoms with Gasteiger partial charge in [0.15, 0.2) is 11.5 Å². The monoisotopic (exact) mass is 333 g/mol. The van der Waals surface area contributed by atoms with E-state index in [1.807, 2.05) is 0 Å². The third kappa shape index (κ3) is 4.13. The molecular weight excluding hydrogens is 327 g/mol. The normalized spacial score (nSPS) is 11.2. The van der Waals surface area contributed by atoms with Crippen molar-refractivity contribution in [2.75, 3.05) is 0 Å². The second-order valence-corrected chi connectivity index (χ2v) is 4.33. The molecule has 0 aliphatic carbocycles. The molecule has 100 valence electrons. The summed E-state index contributed by atoms with van der Waals surface area (Å²) >= 11 is 3.19. The maximum atomic E-state index is 12.2. The van der Waals surface area contributed by atoms with Crippen LogP contribution in [0.2, 0.25) is 0 Å². The molecule has 0 bridgehead atoms. The van der Waals surface area contributed by atoms with Gasteiger partial charge < -0.3 is 9.47 Å². The highest BCUT2D eigenvalue weighted by Gasteiger charge is 2.32. The third-order valence-corrected chi connectivity index (χ3v) is 2.46. The van der Waals surface area contributed by atoms with Gasteiger partial charge >= 0.3 is 6.36 Å². The molecule has 0 atom stereocenters. The Morgan fingerprint density at radius 1 is 1.00 bits per heavy atom. The summed E-state index contributed by atoms with van der Waals surface area (Å²) in [6.45, 7) is 0. The molecule has 0 spiro atoms. The van der Waals surface area contributed by atoms with Gasteiger partial charge in [0.1, 0.15) is 0 Å². The predicted octanol–water partition coefficient (Wildman–Crippen LogP) is 4.54. The zero-order valence-electron chi connectivity index (χ0n) is 9.32. The molecular formula is C12H7BrF3NO2. The highest BCUT2D eigenvalue weighted by atomic mass is 79.9. The fourth-order valence-electron chi connectivity index (χ4n) is 1.28. The average Bonchev–Trinajstić information content (AvgIpc) is 2.33. The van der Waals surface area contributed by atoms with Crippen LogP contribution in [0.1, 0.15) is 0 Å². The van der Waals surface area contributed by atoms with E-state index >= 15 is 0 Å². The number of ether oxygens (including phenoxy) is 2. The van der Waals surface area contributed by atoms with Gasteiger partial charge in [0.25, 0.3) is 0 Å². The molecule has 7 heteroatoms. The van der Waals surface area contributed by atoms with Gasteiger partial charge in [-0.05, 0) is 34.1 Å². The number of pyridine rings is 1. The number of para-hydroxylation sites is 2. The third-order valence-electron chi connectivity index (χ3n) is 1.99. The molecule has 1 aromatic carbocycles. The Morgan fingerprint density at radius 3 is 2.26 bits per heavy atom. The van der Waals surface area contributed by atoms with Crippen LogP contribution < -0.4 is 9.47 Å². The van der Waals surface area contributed by atoms with E-state index < -0.39 is 12.1 Å². The van der Waals surface area contributed by atoms with Crippen LogP contribution in [0.3, 0.4) is 0 Å². The number of hydrogen-bond acceptors (Lipinski definition) is 3. The number of nitrogens with zero attached hydrogens (tertiary/aromatic N) is 1. The van der Waals surface area contributed by atoms with Gasteiger partial charge in [-0.3, -0.25) is 0 Å². The summed E-state index contributed by atoms with van der Waals surface area (Å²) in [5, 5.41) is 0. The molecule has 3 nitrogen and oxygen atoms in total. The van der Waals surface area contributed by atoms with Crippen LogP contribution in [-0.4, -0.2) is 11.3 Å². The molecule has 0 aliphatic heterocycles.